The predicted octanol–water partition coefficient (Wildman–Crippen LogP) is 3.59. The van der Waals surface area contributed by atoms with E-state index in [9.17, 15) is 0 Å². The van der Waals surface area contributed by atoms with E-state index in [1.807, 2.05) is 30.3 Å². The zero-order chi connectivity index (χ0) is 17.3. The van der Waals surface area contributed by atoms with Gasteiger partial charge in [0.1, 0.15) is 0 Å². The Labute approximate surface area is 150 Å². The van der Waals surface area contributed by atoms with Gasteiger partial charge in [-0.25, -0.2) is 0 Å². The van der Waals surface area contributed by atoms with Gasteiger partial charge in [-0.15, -0.1) is 0 Å². The van der Waals surface area contributed by atoms with E-state index in [1.165, 1.54) is 17.5 Å². The lowest BCUT2D eigenvalue weighted by molar-refractivity contribution is 0.110. The van der Waals surface area contributed by atoms with Gasteiger partial charge in [-0.1, -0.05) is 36.4 Å². The van der Waals surface area contributed by atoms with Crippen LogP contribution < -0.4 is 14.8 Å². The number of nitrogens with one attached hydrogen (secondary N) is 1. The van der Waals surface area contributed by atoms with E-state index >= 15 is 0 Å². The summed E-state index contributed by atoms with van der Waals surface area (Å²) >= 11 is 0. The molecule has 25 heavy (non-hydrogen) atoms. The van der Waals surface area contributed by atoms with Crippen LogP contribution in [-0.4, -0.2) is 33.0 Å². The van der Waals surface area contributed by atoms with Crippen LogP contribution in [0, 0.1) is 0 Å². The first-order valence-corrected chi connectivity index (χ1v) is 9.01. The number of rotatable bonds is 9. The molecule has 0 spiro atoms. The molecular weight excluding hydrogens is 314 g/mol. The summed E-state index contributed by atoms with van der Waals surface area (Å²) in [5, 5.41) is 3.46. The number of ether oxygens (including phenoxy) is 3. The van der Waals surface area contributed by atoms with Gasteiger partial charge in [-0.2, -0.15) is 0 Å². The minimum absolute atomic E-state index is 0.363. The average molecular weight is 341 g/mol. The zero-order valence-corrected chi connectivity index (χ0v) is 14.9. The Bertz CT molecular complexity index is 639. The first-order chi connectivity index (χ1) is 12.3. The van der Waals surface area contributed by atoms with E-state index in [2.05, 4.69) is 23.5 Å². The second-order valence-electron chi connectivity index (χ2n) is 6.34. The Morgan fingerprint density at radius 2 is 1.96 bits per heavy atom. The lowest BCUT2D eigenvalue weighted by atomic mass is 10.1. The van der Waals surface area contributed by atoms with Crippen molar-refractivity contribution < 1.29 is 14.2 Å². The standard InChI is InChI=1S/C21H27NO3/c1-23-21-14-18(15-22-16-19-8-5-12-24-19)9-10-20(21)25-13-11-17-6-3-2-4-7-17/h2-4,6-7,9-10,14,19,22H,5,8,11-13,15-16H2,1H3/t19-/m0/s1. The Morgan fingerprint density at radius 1 is 1.08 bits per heavy atom. The summed E-state index contributed by atoms with van der Waals surface area (Å²) in [5.74, 6) is 1.57. The summed E-state index contributed by atoms with van der Waals surface area (Å²) < 4.78 is 17.0. The van der Waals surface area contributed by atoms with E-state index in [-0.39, 0.29) is 0 Å². The highest BCUT2D eigenvalue weighted by Crippen LogP contribution is 2.28. The average Bonchev–Trinajstić information content (AvgIpc) is 3.17. The molecule has 1 atom stereocenters. The molecule has 4 nitrogen and oxygen atoms in total. The van der Waals surface area contributed by atoms with E-state index < -0.39 is 0 Å². The molecule has 2 aromatic carbocycles. The minimum atomic E-state index is 0.363. The van der Waals surface area contributed by atoms with Gasteiger partial charge in [0.2, 0.25) is 0 Å². The fourth-order valence-corrected chi connectivity index (χ4v) is 3.05. The highest BCUT2D eigenvalue weighted by Gasteiger charge is 2.14. The monoisotopic (exact) mass is 341 g/mol. The number of benzene rings is 2. The van der Waals surface area contributed by atoms with E-state index in [0.29, 0.717) is 12.7 Å². The summed E-state index contributed by atoms with van der Waals surface area (Å²) in [6, 6.07) is 16.5. The van der Waals surface area contributed by atoms with E-state index in [1.54, 1.807) is 7.11 Å². The number of hydrogen-bond acceptors (Lipinski definition) is 4. The van der Waals surface area contributed by atoms with Crippen LogP contribution in [0.2, 0.25) is 0 Å². The fourth-order valence-electron chi connectivity index (χ4n) is 3.05. The lowest BCUT2D eigenvalue weighted by Gasteiger charge is -2.14. The third-order valence-corrected chi connectivity index (χ3v) is 4.44. The van der Waals surface area contributed by atoms with Crippen molar-refractivity contribution in [3.8, 4) is 11.5 Å². The molecule has 1 N–H and O–H groups in total. The van der Waals surface area contributed by atoms with Crippen LogP contribution in [0.3, 0.4) is 0 Å². The van der Waals surface area contributed by atoms with Crippen LogP contribution in [0.1, 0.15) is 24.0 Å². The van der Waals surface area contributed by atoms with Crippen LogP contribution in [0.15, 0.2) is 48.5 Å². The van der Waals surface area contributed by atoms with Crippen molar-refractivity contribution in [3.05, 3.63) is 59.7 Å². The molecule has 0 saturated carbocycles. The van der Waals surface area contributed by atoms with Crippen molar-refractivity contribution >= 4 is 0 Å². The van der Waals surface area contributed by atoms with Crippen LogP contribution in [0.4, 0.5) is 0 Å². The van der Waals surface area contributed by atoms with Crippen molar-refractivity contribution in [2.45, 2.75) is 31.9 Å². The molecule has 1 fully saturated rings. The van der Waals surface area contributed by atoms with E-state index in [0.717, 1.165) is 44.0 Å². The maximum atomic E-state index is 5.91. The van der Waals surface area contributed by atoms with Crippen LogP contribution in [0.25, 0.3) is 0 Å². The van der Waals surface area contributed by atoms with Crippen LogP contribution in [-0.2, 0) is 17.7 Å². The smallest absolute Gasteiger partial charge is 0.161 e. The molecule has 2 aromatic rings. The van der Waals surface area contributed by atoms with Crippen LogP contribution in [0.5, 0.6) is 11.5 Å². The third-order valence-electron chi connectivity index (χ3n) is 4.44. The van der Waals surface area contributed by atoms with Gasteiger partial charge in [-0.3, -0.25) is 0 Å². The quantitative estimate of drug-likeness (QED) is 0.757. The van der Waals surface area contributed by atoms with Gasteiger partial charge >= 0.3 is 0 Å². The minimum Gasteiger partial charge on any atom is -0.493 e. The summed E-state index contributed by atoms with van der Waals surface area (Å²) in [4.78, 5) is 0. The Kier molecular flexibility index (Phi) is 6.71. The summed E-state index contributed by atoms with van der Waals surface area (Å²) in [7, 11) is 1.68. The normalized spacial score (nSPS) is 16.8. The first kappa shape index (κ1) is 17.8. The molecule has 0 amide bonds. The molecule has 1 heterocycles. The van der Waals surface area contributed by atoms with Gasteiger partial charge in [0.25, 0.3) is 0 Å². The second-order valence-corrected chi connectivity index (χ2v) is 6.34. The van der Waals surface area contributed by atoms with E-state index in [4.69, 9.17) is 14.2 Å². The van der Waals surface area contributed by atoms with Crippen molar-refractivity contribution in [1.82, 2.24) is 5.32 Å². The predicted molar refractivity (Wildman–Crippen MR) is 99.3 cm³/mol. The fraction of sp³-hybridized carbons (Fsp3) is 0.429. The first-order valence-electron chi connectivity index (χ1n) is 9.01. The van der Waals surface area contributed by atoms with Gasteiger partial charge in [0.05, 0.1) is 19.8 Å². The topological polar surface area (TPSA) is 39.7 Å². The van der Waals surface area contributed by atoms with Crippen molar-refractivity contribution in [1.29, 1.82) is 0 Å². The summed E-state index contributed by atoms with van der Waals surface area (Å²) in [5.41, 5.74) is 2.46. The second kappa shape index (κ2) is 9.44. The lowest BCUT2D eigenvalue weighted by Crippen LogP contribution is -2.25. The summed E-state index contributed by atoms with van der Waals surface area (Å²) in [6.07, 6.45) is 3.58. The highest BCUT2D eigenvalue weighted by atomic mass is 16.5. The van der Waals surface area contributed by atoms with Crippen molar-refractivity contribution in [3.63, 3.8) is 0 Å². The molecule has 3 rings (SSSR count). The molecule has 4 heteroatoms. The molecule has 134 valence electrons. The van der Waals surface area contributed by atoms with Crippen molar-refractivity contribution in [2.24, 2.45) is 0 Å². The van der Waals surface area contributed by atoms with Gasteiger partial charge < -0.3 is 19.5 Å². The zero-order valence-electron chi connectivity index (χ0n) is 14.9. The van der Waals surface area contributed by atoms with Gasteiger partial charge in [0.15, 0.2) is 11.5 Å². The Hall–Kier alpha value is -2.04. The van der Waals surface area contributed by atoms with Gasteiger partial charge in [-0.05, 0) is 36.1 Å². The molecule has 0 unspecified atom stereocenters. The molecular formula is C21H27NO3. The maximum absolute atomic E-state index is 5.91. The van der Waals surface area contributed by atoms with Gasteiger partial charge in [0, 0.05) is 26.1 Å². The largest absolute Gasteiger partial charge is 0.493 e. The highest BCUT2D eigenvalue weighted by molar-refractivity contribution is 5.43. The SMILES string of the molecule is COc1cc(CNC[C@@H]2CCCO2)ccc1OCCc1ccccc1. The van der Waals surface area contributed by atoms with Crippen molar-refractivity contribution in [2.75, 3.05) is 26.9 Å². The number of hydrogen-bond donors (Lipinski definition) is 1. The third kappa shape index (κ3) is 5.48. The molecule has 1 saturated heterocycles. The maximum Gasteiger partial charge on any atom is 0.161 e. The molecule has 0 aromatic heterocycles. The molecule has 1 aliphatic heterocycles. The molecule has 0 aliphatic carbocycles. The number of methoxy groups -OCH3 is 1. The molecule has 1 aliphatic rings. The Morgan fingerprint density at radius 3 is 2.72 bits per heavy atom. The Balaban J connectivity index is 1.48. The van der Waals surface area contributed by atoms with Crippen LogP contribution >= 0.6 is 0 Å². The molecule has 0 bridgehead atoms. The summed E-state index contributed by atoms with van der Waals surface area (Å²) in [6.45, 7) is 3.24. The molecule has 0 radical (unpaired) electrons.